The number of cyclic esters (lactones) is 1. The predicted octanol–water partition coefficient (Wildman–Crippen LogP) is 21.3. The SMILES string of the molecule is C.C.C.C.CC[C@H]1OC(=O)[C@H](O[Si](C)(C)C)[C@@H](O[Si](C)(C)C)[C@@H]1O[Si](C)(C)C.CCc1ccc(Cc2cccc(Br)c2)s1.CCc1ccc(Cc2cccc(C3(O)O[C@H](CC)[C@@H](O[Si](C)(C)C)[C@H](O[Si](C)(C)C)[C@H]3O[Si](C)(C)C)c2)s1.CCc1ccc(Cc2cccc(C3(OC)O[C@H](CO)[C@@H](O)[C@H](O)[C@H]3O)c2)s1.CCc1ccc(Cc2cccc([C@@H]3O[C@H](CO)[C@@H](O)[C@H](O)[C@H]3O)c2)s1. The fraction of sp³-hybridized carbons (Fsp3) is 0.594. The second kappa shape index (κ2) is 53.3. The van der Waals surface area contributed by atoms with E-state index in [-0.39, 0.29) is 66.2 Å². The van der Waals surface area contributed by atoms with Gasteiger partial charge in [0.1, 0.15) is 85.5 Å². The Morgan fingerprint density at radius 3 is 1.14 bits per heavy atom. The number of esters is 1. The van der Waals surface area contributed by atoms with E-state index in [1.165, 1.54) is 51.7 Å². The minimum absolute atomic E-state index is 0. The molecule has 32 heteroatoms. The summed E-state index contributed by atoms with van der Waals surface area (Å²) in [6.07, 6.45) is -5.47. The maximum Gasteiger partial charge on any atom is 0.337 e. The van der Waals surface area contributed by atoms with Crippen molar-refractivity contribution in [3.63, 3.8) is 0 Å². The predicted molar refractivity (Wildman–Crippen MR) is 566 cm³/mol. The van der Waals surface area contributed by atoms with Crippen molar-refractivity contribution >= 4 is 117 Å². The molecule has 9 N–H and O–H groups in total. The van der Waals surface area contributed by atoms with E-state index in [2.05, 4.69) is 253 Å². The molecule has 4 aromatic carbocycles. The van der Waals surface area contributed by atoms with Gasteiger partial charge in [-0.25, -0.2) is 4.79 Å². The zero-order valence-electron chi connectivity index (χ0n) is 80.6. The number of methoxy groups -OCH3 is 1. The molecule has 8 aromatic rings. The molecule has 4 saturated heterocycles. The first-order valence-electron chi connectivity index (χ1n) is 45.5. The summed E-state index contributed by atoms with van der Waals surface area (Å²) in [6.45, 7) is 50.5. The van der Waals surface area contributed by atoms with E-state index in [0.29, 0.717) is 18.4 Å². The van der Waals surface area contributed by atoms with E-state index in [0.717, 1.165) is 83.7 Å². The normalized spacial score (nSPS) is 26.2. The van der Waals surface area contributed by atoms with Crippen LogP contribution < -0.4 is 0 Å². The van der Waals surface area contributed by atoms with Gasteiger partial charge in [0.25, 0.3) is 0 Å². The molecule has 2 unspecified atom stereocenters. The third-order valence-electron chi connectivity index (χ3n) is 21.7. The first kappa shape index (κ1) is 121. The minimum atomic E-state index is -2.13. The van der Waals surface area contributed by atoms with E-state index in [1.54, 1.807) is 28.7 Å². The zero-order chi connectivity index (χ0) is 95.7. The van der Waals surface area contributed by atoms with Crippen LogP contribution in [0.25, 0.3) is 0 Å². The maximum atomic E-state index is 12.6. The highest BCUT2D eigenvalue weighted by molar-refractivity contribution is 9.10. The van der Waals surface area contributed by atoms with Crippen molar-refractivity contribution in [2.45, 2.75) is 369 Å². The molecule has 4 aromatic heterocycles. The molecule has 4 aliphatic heterocycles. The largest absolute Gasteiger partial charge is 0.458 e. The van der Waals surface area contributed by atoms with Crippen molar-refractivity contribution in [1.29, 1.82) is 0 Å². The number of ether oxygens (including phenoxy) is 5. The van der Waals surface area contributed by atoms with Crippen LogP contribution in [0.2, 0.25) is 118 Å². The lowest BCUT2D eigenvalue weighted by atomic mass is 9.86. The maximum absolute atomic E-state index is 12.6. The number of carbonyl (C=O) groups excluding carboxylic acids is 1. The second-order valence-corrected chi connectivity index (χ2v) is 72.2. The van der Waals surface area contributed by atoms with Crippen molar-refractivity contribution in [1.82, 2.24) is 0 Å². The number of rotatable bonds is 32. The van der Waals surface area contributed by atoms with Gasteiger partial charge >= 0.3 is 5.97 Å². The summed E-state index contributed by atoms with van der Waals surface area (Å²) < 4.78 is 69.9. The first-order chi connectivity index (χ1) is 60.3. The lowest BCUT2D eigenvalue weighted by molar-refractivity contribution is -0.366. The lowest BCUT2D eigenvalue weighted by Gasteiger charge is -2.54. The Labute approximate surface area is 828 Å². The molecule has 0 spiro atoms. The number of hydrogen-bond donors (Lipinski definition) is 9. The monoisotopic (exact) mass is 2090 g/mol. The van der Waals surface area contributed by atoms with Crippen molar-refractivity contribution < 1.29 is 101 Å². The quantitative estimate of drug-likeness (QED) is 0.0140. The van der Waals surface area contributed by atoms with Crippen molar-refractivity contribution in [3.8, 4) is 0 Å². The summed E-state index contributed by atoms with van der Waals surface area (Å²) in [4.78, 5) is 23.4. The molecule has 21 nitrogen and oxygen atoms in total. The molecule has 0 radical (unpaired) electrons. The van der Waals surface area contributed by atoms with Crippen LogP contribution in [-0.2, 0) is 118 Å². The van der Waals surface area contributed by atoms with Gasteiger partial charge in [-0.15, -0.1) is 45.3 Å². The number of carbonyl (C=O) groups is 1. The van der Waals surface area contributed by atoms with Crippen LogP contribution in [0.15, 0.2) is 150 Å². The Morgan fingerprint density at radius 1 is 0.383 bits per heavy atom. The molecular weight excluding hydrogens is 1930 g/mol. The molecular formula is C101H165BrO21S4Si6. The average molecular weight is 2090 g/mol. The van der Waals surface area contributed by atoms with Crippen LogP contribution in [0.1, 0.15) is 168 Å². The molecule has 0 saturated carbocycles. The molecule has 133 heavy (non-hydrogen) atoms. The topological polar surface area (TPSA) is 301 Å². The Hall–Kier alpha value is -3.83. The van der Waals surface area contributed by atoms with Crippen molar-refractivity contribution in [3.05, 3.63) is 228 Å². The van der Waals surface area contributed by atoms with Crippen LogP contribution in [0.3, 0.4) is 0 Å². The summed E-state index contributed by atoms with van der Waals surface area (Å²) in [7, 11) is -10.4. The number of hydrogen-bond acceptors (Lipinski definition) is 25. The number of thiophene rings is 4. The summed E-state index contributed by atoms with van der Waals surface area (Å²) in [6, 6.07) is 49.2. The summed E-state index contributed by atoms with van der Waals surface area (Å²) >= 11 is 10.8. The molecule has 12 rings (SSSR count). The molecule has 0 bridgehead atoms. The summed E-state index contributed by atoms with van der Waals surface area (Å²) in [5, 5.41) is 92.4. The number of aliphatic hydroxyl groups is 9. The van der Waals surface area contributed by atoms with Crippen molar-refractivity contribution in [2.75, 3.05) is 20.3 Å². The van der Waals surface area contributed by atoms with Crippen LogP contribution in [-0.4, -0.2) is 220 Å². The van der Waals surface area contributed by atoms with Gasteiger partial charge in [-0.2, -0.15) is 0 Å². The van der Waals surface area contributed by atoms with Gasteiger partial charge in [0, 0.05) is 87.4 Å². The molecule has 0 aliphatic carbocycles. The number of benzene rings is 4. The molecule has 4 aliphatic rings. The Kier molecular flexibility index (Phi) is 48.7. The summed E-state index contributed by atoms with van der Waals surface area (Å²) in [5.74, 6) is -3.63. The van der Waals surface area contributed by atoms with Gasteiger partial charge in [0.2, 0.25) is 11.6 Å². The Balaban J connectivity index is 0.000000354. The van der Waals surface area contributed by atoms with E-state index in [4.69, 9.17) is 50.2 Å². The van der Waals surface area contributed by atoms with Crippen LogP contribution in [0.4, 0.5) is 0 Å². The van der Waals surface area contributed by atoms with E-state index in [9.17, 15) is 50.8 Å². The molecule has 4 fully saturated rings. The zero-order valence-corrected chi connectivity index (χ0v) is 91.4. The highest BCUT2D eigenvalue weighted by atomic mass is 79.9. The van der Waals surface area contributed by atoms with Gasteiger partial charge in [-0.1, -0.05) is 160 Å². The standard InChI is InChI=1S/C29H50O5SSi3.C20H26O6S.C19H24O5S.C16H36O5Si3.C13H13BrS.4CH4/c1-12-23-17-18-24(35-23)20-21-15-14-16-22(19-21)29(30)28(34-38(9,10)11)27(33-37(6,7)8)26(25(13-2)31-29)32-36(3,4)5;1-3-14-7-8-15(27-14)10-12-5-4-6-13(9-12)20(25-2)19(24)18(23)17(22)16(11-21)26-20;1-2-13-6-7-14(25-13)9-11-4-3-5-12(8-11)19-18(23)17(22)16(21)15(10-20)24-19;1-11-12-13(19-22(2,3)4)14(20-23(5,6)7)15(16(17)18-12)21-24(8,9)10;1-2-12-6-7-13(15-12)9-10-4-3-5-11(14)8-10;;;;/h14-19,25-28,30H,12-13,20H2,1-11H3;4-9,16-19,21-24H,3,10-11H2,1-2H3;3-8,15-23H,2,9-10H2,1H3;12-15H,11H2,1-10H3;3-8H,2,9H2,1H3;4*1H4/t25-,26-,27+,28-,29?;16-,17-,18+,19-,20?;15-,16-,17+,18-,19+;12-,13-,14+,15-;;;;;/m1111...../s1. The fourth-order valence-electron chi connectivity index (χ4n) is 15.8. The van der Waals surface area contributed by atoms with Gasteiger partial charge in [0.15, 0.2) is 56.0 Å². The Bertz CT molecular complexity index is 4740. The minimum Gasteiger partial charge on any atom is -0.458 e. The first-order valence-corrected chi connectivity index (χ1v) is 70.0. The smallest absolute Gasteiger partial charge is 0.337 e. The van der Waals surface area contributed by atoms with Crippen LogP contribution in [0.5, 0.6) is 0 Å². The van der Waals surface area contributed by atoms with Gasteiger partial charge < -0.3 is 96.2 Å². The highest BCUT2D eigenvalue weighted by Crippen LogP contribution is 2.46. The fourth-order valence-corrected chi connectivity index (χ4v) is 26.7. The molecule has 750 valence electrons. The van der Waals surface area contributed by atoms with Crippen molar-refractivity contribution in [2.24, 2.45) is 0 Å². The van der Waals surface area contributed by atoms with E-state index in [1.807, 2.05) is 84.2 Å². The van der Waals surface area contributed by atoms with Gasteiger partial charge in [-0.05, 0) is 257 Å². The second-order valence-electron chi connectivity index (χ2n) is 39.5. The molecule has 8 heterocycles. The number of aliphatic hydroxyl groups excluding tert-OH is 8. The highest BCUT2D eigenvalue weighted by Gasteiger charge is 2.60. The third kappa shape index (κ3) is 35.7. The molecule has 0 amide bonds. The summed E-state index contributed by atoms with van der Waals surface area (Å²) in [5.41, 5.74) is 6.57. The van der Waals surface area contributed by atoms with E-state index < -0.39 is 148 Å². The average Bonchev–Trinajstić information content (AvgIpc) is 1.04. The third-order valence-corrected chi connectivity index (χ3v) is 32.9. The lowest BCUT2D eigenvalue weighted by Crippen LogP contribution is -2.68. The van der Waals surface area contributed by atoms with Crippen LogP contribution in [0, 0.1) is 0 Å². The molecule has 19 atom stereocenters. The van der Waals surface area contributed by atoms with Gasteiger partial charge in [0.05, 0.1) is 25.4 Å². The number of halogens is 1. The van der Waals surface area contributed by atoms with Crippen LogP contribution >= 0.6 is 61.3 Å². The van der Waals surface area contributed by atoms with Gasteiger partial charge in [-0.3, -0.25) is 0 Å². The van der Waals surface area contributed by atoms with E-state index >= 15 is 0 Å². The number of aryl methyl sites for hydroxylation is 4. The Morgan fingerprint density at radius 2 is 0.744 bits per heavy atom.